The van der Waals surface area contributed by atoms with E-state index in [0.717, 1.165) is 55.5 Å². The third-order valence-corrected chi connectivity index (χ3v) is 5.50. The number of primary amides is 1. The Morgan fingerprint density at radius 1 is 1.19 bits per heavy atom. The molecule has 137 valence electrons. The highest BCUT2D eigenvalue weighted by molar-refractivity contribution is 6.04. The fourth-order valence-electron chi connectivity index (χ4n) is 3.99. The van der Waals surface area contributed by atoms with Crippen LogP contribution in [0, 0.1) is 5.92 Å². The van der Waals surface area contributed by atoms with Crippen LogP contribution in [0.25, 0.3) is 17.0 Å². The fourth-order valence-corrected chi connectivity index (χ4v) is 3.99. The van der Waals surface area contributed by atoms with Gasteiger partial charge in [-0.05, 0) is 62.4 Å². The van der Waals surface area contributed by atoms with Crippen molar-refractivity contribution in [1.29, 1.82) is 0 Å². The first-order valence-corrected chi connectivity index (χ1v) is 9.56. The van der Waals surface area contributed by atoms with Crippen LogP contribution in [0.5, 0.6) is 0 Å². The molecule has 1 aromatic heterocycles. The summed E-state index contributed by atoms with van der Waals surface area (Å²) < 4.78 is 1.99. The molecule has 6 heteroatoms. The molecule has 1 aromatic carbocycles. The van der Waals surface area contributed by atoms with Crippen molar-refractivity contribution in [3.8, 4) is 0 Å². The average molecular weight is 352 g/mol. The molecule has 1 radical (unpaired) electrons. The van der Waals surface area contributed by atoms with Gasteiger partial charge in [-0.1, -0.05) is 18.2 Å². The lowest BCUT2D eigenvalue weighted by Gasteiger charge is -2.22. The molecule has 0 saturated carbocycles. The second-order valence-corrected chi connectivity index (χ2v) is 7.28. The zero-order valence-corrected chi connectivity index (χ0v) is 15.0. The second kappa shape index (κ2) is 7.60. The van der Waals surface area contributed by atoms with Crippen molar-refractivity contribution >= 4 is 22.9 Å². The molecule has 0 atom stereocenters. The van der Waals surface area contributed by atoms with Crippen LogP contribution in [0.2, 0.25) is 0 Å². The summed E-state index contributed by atoms with van der Waals surface area (Å²) in [6, 6.07) is 6.52. The number of carbonyl (C=O) groups excluding carboxylic acids is 1. The Balaban J connectivity index is 1.66. The Hall–Kier alpha value is -2.18. The van der Waals surface area contributed by atoms with Gasteiger partial charge in [0.15, 0.2) is 5.69 Å². The molecule has 2 aliphatic rings. The van der Waals surface area contributed by atoms with E-state index >= 15 is 0 Å². The van der Waals surface area contributed by atoms with E-state index in [4.69, 9.17) is 5.73 Å². The highest BCUT2D eigenvalue weighted by Crippen LogP contribution is 2.28. The largest absolute Gasteiger partial charge is 0.364 e. The molecule has 26 heavy (non-hydrogen) atoms. The summed E-state index contributed by atoms with van der Waals surface area (Å²) in [7, 11) is 0. The Labute approximate surface area is 153 Å². The molecule has 1 amide bonds. The standard InChI is InChI=1S/C20H26N5O/c21-20(26)19-17-13-15(2-1-14-5-9-22-10-6-14)3-4-18(17)25(24-19)16-7-11-23-12-8-16/h1-4,13-14,16,22H,5-12H2,(H2,21,26)/b2-1+. The number of rotatable bonds is 4. The molecule has 0 aliphatic carbocycles. The van der Waals surface area contributed by atoms with Crippen molar-refractivity contribution in [2.45, 2.75) is 31.7 Å². The van der Waals surface area contributed by atoms with E-state index in [2.05, 4.69) is 40.0 Å². The van der Waals surface area contributed by atoms with Crippen molar-refractivity contribution in [3.63, 3.8) is 0 Å². The summed E-state index contributed by atoms with van der Waals surface area (Å²) in [5.41, 5.74) is 8.06. The van der Waals surface area contributed by atoms with E-state index in [9.17, 15) is 4.79 Å². The first kappa shape index (κ1) is 17.2. The molecule has 3 heterocycles. The Morgan fingerprint density at radius 3 is 2.69 bits per heavy atom. The van der Waals surface area contributed by atoms with E-state index in [1.807, 2.05) is 10.7 Å². The highest BCUT2D eigenvalue weighted by Gasteiger charge is 2.22. The van der Waals surface area contributed by atoms with E-state index in [0.29, 0.717) is 17.7 Å². The van der Waals surface area contributed by atoms with Crippen molar-refractivity contribution in [3.05, 3.63) is 35.5 Å². The average Bonchev–Trinajstić information content (AvgIpc) is 3.07. The molecule has 2 fully saturated rings. The summed E-state index contributed by atoms with van der Waals surface area (Å²) >= 11 is 0. The first-order chi connectivity index (χ1) is 12.7. The van der Waals surface area contributed by atoms with Gasteiger partial charge in [0.05, 0.1) is 11.6 Å². The van der Waals surface area contributed by atoms with Crippen LogP contribution in [0.15, 0.2) is 24.3 Å². The van der Waals surface area contributed by atoms with Crippen LogP contribution in [-0.2, 0) is 0 Å². The highest BCUT2D eigenvalue weighted by atomic mass is 16.1. The van der Waals surface area contributed by atoms with E-state index in [1.165, 1.54) is 12.8 Å². The van der Waals surface area contributed by atoms with Crippen LogP contribution < -0.4 is 16.4 Å². The number of piperidine rings is 2. The zero-order chi connectivity index (χ0) is 17.9. The fraction of sp³-hybridized carbons (Fsp3) is 0.500. The second-order valence-electron chi connectivity index (χ2n) is 7.28. The van der Waals surface area contributed by atoms with Gasteiger partial charge in [-0.2, -0.15) is 5.10 Å². The predicted molar refractivity (Wildman–Crippen MR) is 103 cm³/mol. The number of nitrogens with one attached hydrogen (secondary N) is 1. The molecule has 2 aromatic rings. The SMILES string of the molecule is NC(=O)c1nn(C2CC[N]CC2)c2ccc(/C=C/C3CCNCC3)cc12. The maximum absolute atomic E-state index is 11.9. The Bertz CT molecular complexity index is 813. The molecule has 3 N–H and O–H groups in total. The summed E-state index contributed by atoms with van der Waals surface area (Å²) in [4.78, 5) is 11.9. The molecule has 2 saturated heterocycles. The maximum atomic E-state index is 11.9. The molecule has 2 aliphatic heterocycles. The maximum Gasteiger partial charge on any atom is 0.269 e. The third kappa shape index (κ3) is 3.52. The number of hydrogen-bond acceptors (Lipinski definition) is 3. The number of nitrogens with zero attached hydrogens (tertiary/aromatic N) is 3. The van der Waals surface area contributed by atoms with Gasteiger partial charge in [0.2, 0.25) is 0 Å². The van der Waals surface area contributed by atoms with Gasteiger partial charge in [0, 0.05) is 18.5 Å². The van der Waals surface area contributed by atoms with Gasteiger partial charge < -0.3 is 11.1 Å². The van der Waals surface area contributed by atoms with Gasteiger partial charge in [0.1, 0.15) is 0 Å². The van der Waals surface area contributed by atoms with Crippen molar-refractivity contribution in [2.24, 2.45) is 11.7 Å². The number of aromatic nitrogens is 2. The monoisotopic (exact) mass is 352 g/mol. The van der Waals surface area contributed by atoms with E-state index in [1.54, 1.807) is 0 Å². The number of carbonyl (C=O) groups is 1. The summed E-state index contributed by atoms with van der Waals surface area (Å²) in [6.07, 6.45) is 8.74. The van der Waals surface area contributed by atoms with Crippen LogP contribution in [0.4, 0.5) is 0 Å². The third-order valence-electron chi connectivity index (χ3n) is 5.50. The number of hydrogen-bond donors (Lipinski definition) is 2. The molecule has 0 unspecified atom stereocenters. The lowest BCUT2D eigenvalue weighted by Crippen LogP contribution is -2.26. The number of benzene rings is 1. The zero-order valence-electron chi connectivity index (χ0n) is 15.0. The Morgan fingerprint density at radius 2 is 1.96 bits per heavy atom. The molecule has 0 spiro atoms. The molecular formula is C20H26N5O. The van der Waals surface area contributed by atoms with Gasteiger partial charge in [-0.3, -0.25) is 9.48 Å². The normalized spacial score (nSPS) is 20.2. The van der Waals surface area contributed by atoms with Crippen LogP contribution in [-0.4, -0.2) is 41.9 Å². The van der Waals surface area contributed by atoms with Crippen molar-refractivity contribution < 1.29 is 4.79 Å². The van der Waals surface area contributed by atoms with Crippen molar-refractivity contribution in [2.75, 3.05) is 26.2 Å². The van der Waals surface area contributed by atoms with Crippen LogP contribution in [0.3, 0.4) is 0 Å². The molecule has 6 nitrogen and oxygen atoms in total. The van der Waals surface area contributed by atoms with Crippen LogP contribution >= 0.6 is 0 Å². The smallest absolute Gasteiger partial charge is 0.269 e. The minimum atomic E-state index is -0.464. The van der Waals surface area contributed by atoms with Gasteiger partial charge in [-0.25, -0.2) is 5.32 Å². The lowest BCUT2D eigenvalue weighted by atomic mass is 9.96. The topological polar surface area (TPSA) is 87.0 Å². The Kier molecular flexibility index (Phi) is 5.04. The molecule has 4 rings (SSSR count). The predicted octanol–water partition coefficient (Wildman–Crippen LogP) is 2.09. The molecular weight excluding hydrogens is 326 g/mol. The lowest BCUT2D eigenvalue weighted by molar-refractivity contribution is 0.0995. The summed E-state index contributed by atoms with van der Waals surface area (Å²) in [6.45, 7) is 3.88. The molecule has 0 bridgehead atoms. The van der Waals surface area contributed by atoms with Gasteiger partial charge in [-0.15, -0.1) is 0 Å². The number of nitrogens with two attached hydrogens (primary N) is 1. The summed E-state index contributed by atoms with van der Waals surface area (Å²) in [5, 5.41) is 13.2. The van der Waals surface area contributed by atoms with E-state index < -0.39 is 5.91 Å². The first-order valence-electron chi connectivity index (χ1n) is 9.56. The number of fused-ring (bicyclic) bond motifs is 1. The van der Waals surface area contributed by atoms with Crippen LogP contribution in [0.1, 0.15) is 47.8 Å². The van der Waals surface area contributed by atoms with E-state index in [-0.39, 0.29) is 0 Å². The van der Waals surface area contributed by atoms with Gasteiger partial charge >= 0.3 is 0 Å². The quantitative estimate of drug-likeness (QED) is 0.883. The minimum Gasteiger partial charge on any atom is -0.364 e. The van der Waals surface area contributed by atoms with Gasteiger partial charge in [0.25, 0.3) is 5.91 Å². The number of allylic oxidation sites excluding steroid dienone is 1. The number of amides is 1. The summed E-state index contributed by atoms with van der Waals surface area (Å²) in [5.74, 6) is 0.157. The van der Waals surface area contributed by atoms with Crippen molar-refractivity contribution in [1.82, 2.24) is 20.4 Å². The minimum absolute atomic E-state index is 0.291.